The Hall–Kier alpha value is -1.63. The number of benzene rings is 1. The van der Waals surface area contributed by atoms with Crippen LogP contribution in [0.15, 0.2) is 19.2 Å². The Kier molecular flexibility index (Phi) is 4.08. The third-order valence-corrected chi connectivity index (χ3v) is 5.62. The lowest BCUT2D eigenvalue weighted by Crippen LogP contribution is -2.43. The summed E-state index contributed by atoms with van der Waals surface area (Å²) in [4.78, 5) is 0. The van der Waals surface area contributed by atoms with Crippen molar-refractivity contribution < 1.29 is 4.58 Å². The molecule has 1 heteroatoms. The van der Waals surface area contributed by atoms with Crippen molar-refractivity contribution in [2.75, 3.05) is 0 Å². The summed E-state index contributed by atoms with van der Waals surface area (Å²) in [6, 6.07) is 2.96. The van der Waals surface area contributed by atoms with Crippen LogP contribution in [0.25, 0.3) is 12.2 Å². The Labute approximate surface area is 141 Å². The smallest absolute Gasteiger partial charge is 0.199 e. The maximum absolute atomic E-state index is 4.10. The van der Waals surface area contributed by atoms with Crippen LogP contribution < -0.4 is 0 Å². The van der Waals surface area contributed by atoms with Gasteiger partial charge in [0.25, 0.3) is 0 Å². The molecule has 1 fully saturated rings. The zero-order valence-corrected chi connectivity index (χ0v) is 15.2. The van der Waals surface area contributed by atoms with Gasteiger partial charge in [-0.3, -0.25) is 0 Å². The summed E-state index contributed by atoms with van der Waals surface area (Å²) in [5, 5.41) is 0. The summed E-state index contributed by atoms with van der Waals surface area (Å²) in [7, 11) is 0. The fraction of sp³-hybridized carbons (Fsp3) is 0.500. The highest BCUT2D eigenvalue weighted by atomic mass is 15.1. The summed E-state index contributed by atoms with van der Waals surface area (Å²) in [5.74, 6) is 0.734. The van der Waals surface area contributed by atoms with Crippen molar-refractivity contribution in [3.63, 3.8) is 0 Å². The Morgan fingerprint density at radius 2 is 1.87 bits per heavy atom. The molecular formula is C22H30N+. The third kappa shape index (κ3) is 2.71. The molecule has 0 spiro atoms. The van der Waals surface area contributed by atoms with E-state index < -0.39 is 0 Å². The summed E-state index contributed by atoms with van der Waals surface area (Å²) in [5.41, 5.74) is 7.43. The molecule has 122 valence electrons. The molecule has 2 aliphatic rings. The highest BCUT2D eigenvalue weighted by Gasteiger charge is 2.45. The summed E-state index contributed by atoms with van der Waals surface area (Å²) < 4.78 is 2.53. The fourth-order valence-electron chi connectivity index (χ4n) is 4.62. The van der Waals surface area contributed by atoms with E-state index in [0.29, 0.717) is 11.5 Å². The van der Waals surface area contributed by atoms with E-state index in [1.165, 1.54) is 48.1 Å². The molecule has 0 aromatic heterocycles. The number of nitrogens with zero attached hydrogens (tertiary/aromatic N) is 1. The first-order valence-corrected chi connectivity index (χ1v) is 8.91. The van der Waals surface area contributed by atoms with Crippen molar-refractivity contribution in [1.82, 2.24) is 0 Å². The summed E-state index contributed by atoms with van der Waals surface area (Å²) in [6.07, 6.45) is 11.2. The fourth-order valence-corrected chi connectivity index (χ4v) is 4.62. The molecular weight excluding hydrogens is 278 g/mol. The molecule has 0 heterocycles. The van der Waals surface area contributed by atoms with Gasteiger partial charge < -0.3 is 0 Å². The van der Waals surface area contributed by atoms with E-state index in [1.807, 2.05) is 12.2 Å². The Balaban J connectivity index is 2.15. The van der Waals surface area contributed by atoms with E-state index >= 15 is 0 Å². The van der Waals surface area contributed by atoms with Gasteiger partial charge in [0.1, 0.15) is 6.21 Å². The van der Waals surface area contributed by atoms with Crippen molar-refractivity contribution in [2.45, 2.75) is 59.4 Å². The Morgan fingerprint density at radius 1 is 1.17 bits per heavy atom. The molecule has 1 saturated carbocycles. The largest absolute Gasteiger partial charge is 0.216 e. The second-order valence-electron chi connectivity index (χ2n) is 8.18. The Bertz CT molecular complexity index is 682. The number of rotatable bonds is 4. The minimum absolute atomic E-state index is 0.479. The van der Waals surface area contributed by atoms with Crippen LogP contribution >= 0.6 is 0 Å². The maximum atomic E-state index is 4.10. The van der Waals surface area contributed by atoms with Gasteiger partial charge in [-0.15, -0.1) is 0 Å². The van der Waals surface area contributed by atoms with Crippen LogP contribution in [0, 0.1) is 11.3 Å². The molecule has 1 aromatic rings. The van der Waals surface area contributed by atoms with E-state index in [9.17, 15) is 0 Å². The van der Waals surface area contributed by atoms with Crippen LogP contribution in [-0.2, 0) is 12.8 Å². The van der Waals surface area contributed by atoms with E-state index in [2.05, 4.69) is 57.7 Å². The molecule has 3 rings (SSSR count). The maximum Gasteiger partial charge on any atom is 0.216 e. The van der Waals surface area contributed by atoms with Crippen LogP contribution in [0.3, 0.4) is 0 Å². The lowest BCUT2D eigenvalue weighted by Gasteiger charge is -2.39. The number of fused-ring (bicyclic) bond motifs is 1. The number of hydrogen-bond donors (Lipinski definition) is 0. The van der Waals surface area contributed by atoms with Gasteiger partial charge in [0.15, 0.2) is 6.04 Å². The molecule has 2 aliphatic carbocycles. The zero-order valence-electron chi connectivity index (χ0n) is 15.2. The van der Waals surface area contributed by atoms with Gasteiger partial charge in [0.2, 0.25) is 5.69 Å². The lowest BCUT2D eigenvalue weighted by molar-refractivity contribution is -0.508. The molecule has 23 heavy (non-hydrogen) atoms. The van der Waals surface area contributed by atoms with E-state index in [0.717, 1.165) is 5.92 Å². The summed E-state index contributed by atoms with van der Waals surface area (Å²) in [6.45, 7) is 17.4. The number of hydrogen-bond acceptors (Lipinski definition) is 0. The third-order valence-electron chi connectivity index (χ3n) is 5.62. The minimum Gasteiger partial charge on any atom is -0.199 e. The van der Waals surface area contributed by atoms with E-state index in [4.69, 9.17) is 0 Å². The first-order chi connectivity index (χ1) is 10.9. The van der Waals surface area contributed by atoms with E-state index in [1.54, 1.807) is 5.56 Å². The molecule has 1 atom stereocenters. The van der Waals surface area contributed by atoms with Gasteiger partial charge in [-0.2, -0.15) is 4.58 Å². The zero-order chi connectivity index (χ0) is 16.8. The van der Waals surface area contributed by atoms with Crippen molar-refractivity contribution in [3.8, 4) is 0 Å². The van der Waals surface area contributed by atoms with Crippen molar-refractivity contribution in [2.24, 2.45) is 11.3 Å². The topological polar surface area (TPSA) is 3.01 Å². The molecule has 0 saturated heterocycles. The van der Waals surface area contributed by atoms with Gasteiger partial charge in [-0.1, -0.05) is 52.1 Å². The average molecular weight is 308 g/mol. The highest BCUT2D eigenvalue weighted by molar-refractivity contribution is 5.76. The van der Waals surface area contributed by atoms with E-state index in [-0.39, 0.29) is 0 Å². The minimum atomic E-state index is 0.479. The van der Waals surface area contributed by atoms with Crippen molar-refractivity contribution in [3.05, 3.63) is 41.5 Å². The van der Waals surface area contributed by atoms with Gasteiger partial charge >= 0.3 is 0 Å². The monoisotopic (exact) mass is 308 g/mol. The second-order valence-corrected chi connectivity index (χ2v) is 8.18. The molecule has 0 bridgehead atoms. The van der Waals surface area contributed by atoms with Crippen LogP contribution in [0.1, 0.15) is 62.8 Å². The molecule has 1 nitrogen and oxygen atoms in total. The standard InChI is InChI=1S/C22H30N/c1-7-16-12-17-10-15(4)11-20(17)21(19(16)8-2)23(9-3)18-13-22(5,6)14-18/h7-9,12,15,18H,1-2,10-11,13-14H2,3-6H3/q+1. The van der Waals surface area contributed by atoms with Gasteiger partial charge in [0, 0.05) is 25.3 Å². The molecule has 0 aliphatic heterocycles. The van der Waals surface area contributed by atoms with Crippen LogP contribution in [0.2, 0.25) is 0 Å². The van der Waals surface area contributed by atoms with Crippen molar-refractivity contribution in [1.29, 1.82) is 0 Å². The van der Waals surface area contributed by atoms with Crippen LogP contribution in [-0.4, -0.2) is 16.8 Å². The predicted octanol–water partition coefficient (Wildman–Crippen LogP) is 5.63. The first-order valence-electron chi connectivity index (χ1n) is 8.91. The highest BCUT2D eigenvalue weighted by Crippen LogP contribution is 2.46. The normalized spacial score (nSPS) is 23.3. The van der Waals surface area contributed by atoms with Gasteiger partial charge in [-0.25, -0.2) is 0 Å². The average Bonchev–Trinajstić information content (AvgIpc) is 2.85. The van der Waals surface area contributed by atoms with Crippen LogP contribution in [0.5, 0.6) is 0 Å². The van der Waals surface area contributed by atoms with Crippen molar-refractivity contribution >= 4 is 24.1 Å². The predicted molar refractivity (Wildman–Crippen MR) is 102 cm³/mol. The molecule has 0 amide bonds. The molecule has 0 N–H and O–H groups in total. The SMILES string of the molecule is C=Cc1cc2c(c([N+](=CC)C3CC(C)(C)C3)c1C=C)CC(C)C2. The Morgan fingerprint density at radius 3 is 2.39 bits per heavy atom. The second kappa shape index (κ2) is 5.78. The lowest BCUT2D eigenvalue weighted by atomic mass is 9.68. The summed E-state index contributed by atoms with van der Waals surface area (Å²) >= 11 is 0. The molecule has 0 radical (unpaired) electrons. The van der Waals surface area contributed by atoms with Crippen LogP contribution in [0.4, 0.5) is 5.69 Å². The molecule has 1 aromatic carbocycles. The molecule has 1 unspecified atom stereocenters. The van der Waals surface area contributed by atoms with Gasteiger partial charge in [-0.05, 0) is 35.3 Å². The van der Waals surface area contributed by atoms with Gasteiger partial charge in [0.05, 0.1) is 5.56 Å². The first kappa shape index (κ1) is 16.2. The quantitative estimate of drug-likeness (QED) is 0.501.